The first kappa shape index (κ1) is 46.9. The summed E-state index contributed by atoms with van der Waals surface area (Å²) in [6.07, 6.45) is 8.87. The van der Waals surface area contributed by atoms with E-state index in [4.69, 9.17) is 47.5 Å². The molecule has 3 fully saturated rings. The molecule has 3 N–H and O–H groups in total. The summed E-state index contributed by atoms with van der Waals surface area (Å²) in [5.41, 5.74) is 0.780. The number of carboxylic acids is 1. The molecule has 2 saturated heterocycles. The Bertz CT molecular complexity index is 1730. The lowest BCUT2D eigenvalue weighted by molar-refractivity contribution is -0.193. The number of anilines is 1. The van der Waals surface area contributed by atoms with Crippen LogP contribution in [0.5, 0.6) is 5.75 Å². The van der Waals surface area contributed by atoms with Gasteiger partial charge < -0.3 is 28.9 Å². The highest BCUT2D eigenvalue weighted by Crippen LogP contribution is 2.37. The fourth-order valence-corrected chi connectivity index (χ4v) is 5.54. The third kappa shape index (κ3) is 15.1. The zero-order valence-electron chi connectivity index (χ0n) is 31.2. The highest BCUT2D eigenvalue weighted by Gasteiger charge is 2.41. The molecule has 2 heterocycles. The quantitative estimate of drug-likeness (QED) is 0.155. The number of hydrogen-bond acceptors (Lipinski definition) is 10. The lowest BCUT2D eigenvalue weighted by atomic mass is 9.95. The molecule has 0 spiro atoms. The van der Waals surface area contributed by atoms with Gasteiger partial charge in [-0.25, -0.2) is 19.1 Å². The maximum atomic E-state index is 14.3. The highest BCUT2D eigenvalue weighted by atomic mass is 35.5. The molecule has 0 radical (unpaired) electrons. The summed E-state index contributed by atoms with van der Waals surface area (Å²) < 4.78 is 35.0. The number of nitrogens with zero attached hydrogens (tertiary/aromatic N) is 2. The van der Waals surface area contributed by atoms with Crippen LogP contribution in [0.2, 0.25) is 10.0 Å². The third-order valence-electron chi connectivity index (χ3n) is 7.31. The lowest BCUT2D eigenvalue weighted by Gasteiger charge is -2.18. The van der Waals surface area contributed by atoms with Crippen LogP contribution in [0.25, 0.3) is 0 Å². The van der Waals surface area contributed by atoms with Crippen LogP contribution in [-0.4, -0.2) is 83.2 Å². The maximum absolute atomic E-state index is 14.3. The van der Waals surface area contributed by atoms with Crippen molar-refractivity contribution in [2.24, 2.45) is 5.41 Å². The molecule has 300 valence electrons. The van der Waals surface area contributed by atoms with Gasteiger partial charge in [0.2, 0.25) is 0 Å². The van der Waals surface area contributed by atoms with Crippen molar-refractivity contribution in [3.05, 3.63) is 69.2 Å². The summed E-state index contributed by atoms with van der Waals surface area (Å²) in [4.78, 5) is 70.0. The molecule has 54 heavy (non-hydrogen) atoms. The van der Waals surface area contributed by atoms with Crippen LogP contribution in [0.1, 0.15) is 58.9 Å². The molecular formula is C35H47Cl2FN3O11PS. The van der Waals surface area contributed by atoms with E-state index in [0.29, 0.717) is 39.5 Å². The molecule has 5 rings (SSSR count). The summed E-state index contributed by atoms with van der Waals surface area (Å²) in [6.45, 7) is 7.38. The van der Waals surface area contributed by atoms with Crippen molar-refractivity contribution in [2.75, 3.05) is 43.1 Å². The van der Waals surface area contributed by atoms with E-state index in [1.54, 1.807) is 13.8 Å². The molecule has 3 aliphatic rings. The predicted octanol–water partition coefficient (Wildman–Crippen LogP) is 5.88. The Labute approximate surface area is 327 Å². The number of carbonyl (C=O) groups excluding carboxylic acids is 3. The van der Waals surface area contributed by atoms with Gasteiger partial charge in [-0.15, -0.1) is 0 Å². The first-order valence-electron chi connectivity index (χ1n) is 16.6. The van der Waals surface area contributed by atoms with Gasteiger partial charge >= 0.3 is 18.0 Å². The molecule has 2 aromatic carbocycles. The van der Waals surface area contributed by atoms with Crippen molar-refractivity contribution in [3.8, 4) is 5.75 Å². The fraction of sp³-hybridized carbons (Fsp3) is 0.486. The second-order valence-corrected chi connectivity index (χ2v) is 18.4. The maximum Gasteiger partial charge on any atom is 0.427 e. The SMILES string of the molecule is CC(C)=C1OC(=O)N(c2cc(OC3CCCC3)c(Cl)cc2F)C1=O.CC1(C)CON(Cc2ccccc2Cl)C1=O.C[S+](C)C.O=C(O)CNCP(=O)([O-])O. The lowest BCUT2D eigenvalue weighted by Crippen LogP contribution is -2.30. The van der Waals surface area contributed by atoms with Crippen molar-refractivity contribution in [3.63, 3.8) is 0 Å². The zero-order chi connectivity index (χ0) is 41.0. The molecule has 0 bridgehead atoms. The van der Waals surface area contributed by atoms with Crippen molar-refractivity contribution in [1.29, 1.82) is 0 Å². The van der Waals surface area contributed by atoms with Crippen molar-refractivity contribution in [2.45, 2.75) is 66.0 Å². The van der Waals surface area contributed by atoms with Gasteiger partial charge in [0.15, 0.2) is 5.76 Å². The molecule has 19 heteroatoms. The van der Waals surface area contributed by atoms with Crippen molar-refractivity contribution >= 4 is 71.3 Å². The van der Waals surface area contributed by atoms with Crippen LogP contribution in [0.15, 0.2) is 47.7 Å². The number of imide groups is 1. The molecule has 3 amide bonds. The van der Waals surface area contributed by atoms with Gasteiger partial charge in [-0.05, 0) is 87.5 Å². The van der Waals surface area contributed by atoms with Crippen LogP contribution < -0.4 is 19.8 Å². The van der Waals surface area contributed by atoms with E-state index in [0.717, 1.165) is 37.3 Å². The number of allylic oxidation sites excluding steroid dienone is 1. The van der Waals surface area contributed by atoms with E-state index >= 15 is 0 Å². The topological polar surface area (TPSA) is 195 Å². The summed E-state index contributed by atoms with van der Waals surface area (Å²) in [6, 6.07) is 9.79. The number of rotatable bonds is 9. The smallest absolute Gasteiger partial charge is 0.427 e. The molecule has 0 aromatic heterocycles. The first-order chi connectivity index (χ1) is 25.0. The van der Waals surface area contributed by atoms with E-state index in [1.165, 1.54) is 11.1 Å². The normalized spacial score (nSPS) is 17.5. The molecule has 1 atom stereocenters. The van der Waals surface area contributed by atoms with E-state index < -0.39 is 49.6 Å². The van der Waals surface area contributed by atoms with Crippen LogP contribution >= 0.6 is 30.8 Å². The molecule has 1 aliphatic carbocycles. The molecule has 2 aromatic rings. The van der Waals surface area contributed by atoms with Crippen molar-refractivity contribution in [1.82, 2.24) is 10.4 Å². The van der Waals surface area contributed by atoms with E-state index in [2.05, 4.69) is 18.8 Å². The minimum absolute atomic E-state index is 0.00687. The first-order valence-corrected chi connectivity index (χ1v) is 21.5. The van der Waals surface area contributed by atoms with Gasteiger partial charge in [-0.3, -0.25) is 24.5 Å². The Morgan fingerprint density at radius 2 is 1.70 bits per heavy atom. The summed E-state index contributed by atoms with van der Waals surface area (Å²) in [5, 5.41) is 12.1. The van der Waals surface area contributed by atoms with Crippen LogP contribution in [-0.2, 0) is 46.0 Å². The monoisotopic (exact) mass is 837 g/mol. The number of benzene rings is 2. The average molecular weight is 839 g/mol. The number of cyclic esters (lactones) is 1. The number of carboxylic acid groups (broad SMARTS) is 1. The minimum atomic E-state index is -4.35. The number of hydrogen-bond donors (Lipinski definition) is 3. The largest absolute Gasteiger partial charge is 0.778 e. The highest BCUT2D eigenvalue weighted by molar-refractivity contribution is 7.94. The van der Waals surface area contributed by atoms with Gasteiger partial charge in [-0.2, -0.15) is 0 Å². The van der Waals surface area contributed by atoms with Crippen LogP contribution in [0, 0.1) is 11.2 Å². The summed E-state index contributed by atoms with van der Waals surface area (Å²) >= 11 is 12.1. The Morgan fingerprint density at radius 3 is 2.19 bits per heavy atom. The number of halogens is 3. The standard InChI is InChI=1S/C17H17ClFNO4.C12H14ClNO2.C3H8NO5P.C3H9S/c1-9(2)15-16(21)20(17(22)24-15)13-8-14(11(18)7-12(13)19)23-10-5-3-4-6-10;1-12(2)8-16-14(11(12)15)7-9-5-3-4-6-10(9)13;5-3(6)1-4-2-10(7,8)9;1-4(2)3/h7-8,10H,3-6H2,1-2H3;3-6H,7-8H2,1-2H3;4H,1-2H2,(H,5,6)(H2,7,8,9);1-3H3/q;;;+1/p-1. The molecule has 1 saturated carbocycles. The number of hydroxylamine groups is 2. The molecule has 2 aliphatic heterocycles. The average Bonchev–Trinajstić information content (AvgIpc) is 3.74. The second kappa shape index (κ2) is 21.2. The van der Waals surface area contributed by atoms with Gasteiger partial charge in [0.05, 0.1) is 67.0 Å². The zero-order valence-corrected chi connectivity index (χ0v) is 34.4. The van der Waals surface area contributed by atoms with E-state index in [1.807, 2.05) is 43.4 Å². The number of carbonyl (C=O) groups is 4. The van der Waals surface area contributed by atoms with Gasteiger partial charge in [0, 0.05) is 11.1 Å². The minimum Gasteiger partial charge on any atom is -0.778 e. The number of amides is 3. The summed E-state index contributed by atoms with van der Waals surface area (Å²) in [5.74, 6) is -2.49. The van der Waals surface area contributed by atoms with E-state index in [9.17, 15) is 33.0 Å². The Balaban J connectivity index is 0.000000289. The Hall–Kier alpha value is -3.21. The number of aliphatic carboxylic acids is 1. The number of nitrogens with one attached hydrogen (secondary N) is 1. The Morgan fingerprint density at radius 1 is 1.11 bits per heavy atom. The molecule has 1 unspecified atom stereocenters. The van der Waals surface area contributed by atoms with E-state index in [-0.39, 0.29) is 34.2 Å². The number of ether oxygens (including phenoxy) is 2. The van der Waals surface area contributed by atoms with Crippen molar-refractivity contribution < 1.29 is 57.3 Å². The third-order valence-corrected chi connectivity index (χ3v) is 8.60. The molecule has 14 nitrogen and oxygen atoms in total. The Kier molecular flexibility index (Phi) is 18.4. The van der Waals surface area contributed by atoms with Crippen LogP contribution in [0.4, 0.5) is 14.9 Å². The van der Waals surface area contributed by atoms with Gasteiger partial charge in [0.25, 0.3) is 5.91 Å². The van der Waals surface area contributed by atoms with Crippen LogP contribution in [0.3, 0.4) is 0 Å². The molecular weight excluding hydrogens is 791 g/mol. The van der Waals surface area contributed by atoms with Gasteiger partial charge in [0.1, 0.15) is 19.2 Å². The fourth-order valence-electron chi connectivity index (χ4n) is 4.75. The summed E-state index contributed by atoms with van der Waals surface area (Å²) in [7, 11) is -3.71. The van der Waals surface area contributed by atoms with Gasteiger partial charge in [-0.1, -0.05) is 41.4 Å². The predicted molar refractivity (Wildman–Crippen MR) is 204 cm³/mol. The second-order valence-electron chi connectivity index (χ2n) is 13.5.